The number of nitrogens with zero attached hydrogens (tertiary/aromatic N) is 4. The standard InChI is InChI=1S/C30H36N4O6/c1-5-39-22-10-9-21(18-23(22)40-6-2)26-24(27(35)25-20(4)33-11-7-8-19(3)29(33)31-25)28(36)30(37)34(26)13-12-32-14-16-38-17-15-32/h7-11,18,26,35H,5-6,12-17H2,1-4H3. The smallest absolute Gasteiger partial charge is 0.295 e. The van der Waals surface area contributed by atoms with Gasteiger partial charge in [0, 0.05) is 32.4 Å². The number of amides is 1. The van der Waals surface area contributed by atoms with Gasteiger partial charge in [0.2, 0.25) is 0 Å². The van der Waals surface area contributed by atoms with Gasteiger partial charge >= 0.3 is 0 Å². The molecule has 1 amide bonds. The van der Waals surface area contributed by atoms with Crippen LogP contribution in [0.1, 0.15) is 42.4 Å². The summed E-state index contributed by atoms with van der Waals surface area (Å²) in [5.41, 5.74) is 3.23. The molecular weight excluding hydrogens is 512 g/mol. The van der Waals surface area contributed by atoms with E-state index in [0.29, 0.717) is 67.9 Å². The molecule has 1 unspecified atom stereocenters. The van der Waals surface area contributed by atoms with E-state index < -0.39 is 17.7 Å². The van der Waals surface area contributed by atoms with Crippen LogP contribution in [0.3, 0.4) is 0 Å². The summed E-state index contributed by atoms with van der Waals surface area (Å²) >= 11 is 0. The first kappa shape index (κ1) is 27.7. The fraction of sp³-hybridized carbons (Fsp3) is 0.433. The topological polar surface area (TPSA) is 106 Å². The van der Waals surface area contributed by atoms with Crippen molar-refractivity contribution >= 4 is 23.1 Å². The number of aryl methyl sites for hydroxylation is 2. The Morgan fingerprint density at radius 3 is 2.48 bits per heavy atom. The summed E-state index contributed by atoms with van der Waals surface area (Å²) in [5.74, 6) is -0.580. The number of Topliss-reactive ketones (excluding diaryl/α,β-unsaturated/α-hetero) is 1. The molecule has 10 nitrogen and oxygen atoms in total. The Balaban J connectivity index is 1.63. The van der Waals surface area contributed by atoms with Crippen LogP contribution in [0.2, 0.25) is 0 Å². The quantitative estimate of drug-likeness (QED) is 0.246. The number of pyridine rings is 1. The van der Waals surface area contributed by atoms with Crippen molar-refractivity contribution in [2.75, 3.05) is 52.6 Å². The number of likely N-dealkylation sites (tertiary alicyclic amines) is 1. The fourth-order valence-corrected chi connectivity index (χ4v) is 5.44. The van der Waals surface area contributed by atoms with Crippen molar-refractivity contribution in [3.63, 3.8) is 0 Å². The number of morpholine rings is 1. The maximum atomic E-state index is 13.6. The first-order valence-corrected chi connectivity index (χ1v) is 13.8. The molecule has 1 N–H and O–H groups in total. The van der Waals surface area contributed by atoms with Gasteiger partial charge in [-0.3, -0.25) is 14.5 Å². The van der Waals surface area contributed by atoms with Crippen LogP contribution in [-0.4, -0.2) is 88.6 Å². The van der Waals surface area contributed by atoms with Crippen molar-refractivity contribution < 1.29 is 28.9 Å². The van der Waals surface area contributed by atoms with Gasteiger partial charge in [-0.1, -0.05) is 12.1 Å². The van der Waals surface area contributed by atoms with Crippen molar-refractivity contribution in [3.05, 3.63) is 64.6 Å². The van der Waals surface area contributed by atoms with Gasteiger partial charge in [-0.15, -0.1) is 0 Å². The van der Waals surface area contributed by atoms with Gasteiger partial charge in [-0.2, -0.15) is 0 Å². The van der Waals surface area contributed by atoms with Crippen LogP contribution >= 0.6 is 0 Å². The summed E-state index contributed by atoms with van der Waals surface area (Å²) in [5, 5.41) is 11.7. The first-order chi connectivity index (χ1) is 19.3. The summed E-state index contributed by atoms with van der Waals surface area (Å²) in [6.45, 7) is 12.1. The molecule has 0 radical (unpaired) electrons. The lowest BCUT2D eigenvalue weighted by molar-refractivity contribution is -0.140. The Hall–Kier alpha value is -3.89. The van der Waals surface area contributed by atoms with Gasteiger partial charge in [0.05, 0.1) is 43.7 Å². The number of carbonyl (C=O) groups excluding carboxylic acids is 2. The first-order valence-electron chi connectivity index (χ1n) is 13.8. The summed E-state index contributed by atoms with van der Waals surface area (Å²) in [4.78, 5) is 35.5. The Labute approximate surface area is 233 Å². The van der Waals surface area contributed by atoms with Crippen molar-refractivity contribution in [3.8, 4) is 11.5 Å². The minimum absolute atomic E-state index is 0.0164. The van der Waals surface area contributed by atoms with E-state index in [1.54, 1.807) is 17.0 Å². The van der Waals surface area contributed by atoms with Crippen LogP contribution in [0.4, 0.5) is 0 Å². The number of hydrogen-bond acceptors (Lipinski definition) is 8. The number of imidazole rings is 1. The summed E-state index contributed by atoms with van der Waals surface area (Å²) < 4.78 is 18.9. The molecule has 2 aliphatic heterocycles. The predicted molar refractivity (Wildman–Crippen MR) is 150 cm³/mol. The Kier molecular flexibility index (Phi) is 8.09. The van der Waals surface area contributed by atoms with Crippen LogP contribution < -0.4 is 9.47 Å². The number of aliphatic hydroxyl groups is 1. The molecular formula is C30H36N4O6. The van der Waals surface area contributed by atoms with E-state index in [4.69, 9.17) is 14.2 Å². The third-order valence-corrected chi connectivity index (χ3v) is 7.49. The van der Waals surface area contributed by atoms with Crippen molar-refractivity contribution in [1.82, 2.24) is 19.2 Å². The van der Waals surface area contributed by atoms with Gasteiger partial charge in [0.1, 0.15) is 11.3 Å². The highest BCUT2D eigenvalue weighted by Crippen LogP contribution is 2.42. The average molecular weight is 549 g/mol. The number of carbonyl (C=O) groups is 2. The summed E-state index contributed by atoms with van der Waals surface area (Å²) in [6.07, 6.45) is 1.86. The Bertz CT molecular complexity index is 1460. The molecule has 5 rings (SSSR count). The second kappa shape index (κ2) is 11.7. The number of benzene rings is 1. The van der Waals surface area contributed by atoms with Crippen LogP contribution in [0.15, 0.2) is 42.1 Å². The lowest BCUT2D eigenvalue weighted by atomic mass is 9.96. The fourth-order valence-electron chi connectivity index (χ4n) is 5.44. The van der Waals surface area contributed by atoms with E-state index in [-0.39, 0.29) is 17.0 Å². The second-order valence-electron chi connectivity index (χ2n) is 9.95. The minimum Gasteiger partial charge on any atom is -0.505 e. The number of aliphatic hydroxyl groups excluding tert-OH is 1. The molecule has 10 heteroatoms. The van der Waals surface area contributed by atoms with Crippen LogP contribution in [0.25, 0.3) is 11.4 Å². The normalized spacial score (nSPS) is 19.5. The zero-order chi connectivity index (χ0) is 28.4. The van der Waals surface area contributed by atoms with Gasteiger partial charge < -0.3 is 28.6 Å². The van der Waals surface area contributed by atoms with Crippen molar-refractivity contribution in [2.24, 2.45) is 0 Å². The largest absolute Gasteiger partial charge is 0.505 e. The van der Waals surface area contributed by atoms with Gasteiger partial charge in [-0.05, 0) is 57.0 Å². The van der Waals surface area contributed by atoms with E-state index >= 15 is 0 Å². The third kappa shape index (κ3) is 5.04. The molecule has 4 heterocycles. The second-order valence-corrected chi connectivity index (χ2v) is 9.95. The van der Waals surface area contributed by atoms with Gasteiger partial charge in [0.15, 0.2) is 17.3 Å². The van der Waals surface area contributed by atoms with Gasteiger partial charge in [-0.25, -0.2) is 4.98 Å². The highest BCUT2D eigenvalue weighted by molar-refractivity contribution is 6.46. The third-order valence-electron chi connectivity index (χ3n) is 7.49. The maximum absolute atomic E-state index is 13.6. The average Bonchev–Trinajstić information content (AvgIpc) is 3.43. The van der Waals surface area contributed by atoms with Crippen molar-refractivity contribution in [1.29, 1.82) is 0 Å². The molecule has 1 atom stereocenters. The number of ether oxygens (including phenoxy) is 3. The Morgan fingerprint density at radius 2 is 1.77 bits per heavy atom. The number of rotatable bonds is 9. The molecule has 2 aromatic heterocycles. The number of fused-ring (bicyclic) bond motifs is 1. The highest BCUT2D eigenvalue weighted by Gasteiger charge is 2.46. The molecule has 212 valence electrons. The minimum atomic E-state index is -0.818. The lowest BCUT2D eigenvalue weighted by Gasteiger charge is -2.31. The maximum Gasteiger partial charge on any atom is 0.295 e. The SMILES string of the molecule is CCOc1ccc(C2C(=C(O)c3nc4c(C)cccn4c3C)C(=O)C(=O)N2CCN2CCOCC2)cc1OCC. The van der Waals surface area contributed by atoms with Crippen LogP contribution in [0.5, 0.6) is 11.5 Å². The Morgan fingerprint density at radius 1 is 1.05 bits per heavy atom. The monoisotopic (exact) mass is 548 g/mol. The zero-order valence-corrected chi connectivity index (χ0v) is 23.5. The highest BCUT2D eigenvalue weighted by atomic mass is 16.5. The van der Waals surface area contributed by atoms with Crippen LogP contribution in [0, 0.1) is 13.8 Å². The molecule has 2 aliphatic rings. The molecule has 2 saturated heterocycles. The molecule has 2 fully saturated rings. The van der Waals surface area contributed by atoms with E-state index in [9.17, 15) is 14.7 Å². The number of aromatic nitrogens is 2. The number of hydrogen-bond donors (Lipinski definition) is 1. The van der Waals surface area contributed by atoms with E-state index in [1.807, 2.05) is 56.5 Å². The van der Waals surface area contributed by atoms with E-state index in [0.717, 1.165) is 18.7 Å². The van der Waals surface area contributed by atoms with E-state index in [1.165, 1.54) is 0 Å². The number of ketones is 1. The molecule has 0 spiro atoms. The molecule has 40 heavy (non-hydrogen) atoms. The molecule has 0 aliphatic carbocycles. The molecule has 3 aromatic rings. The summed E-state index contributed by atoms with van der Waals surface area (Å²) in [7, 11) is 0. The summed E-state index contributed by atoms with van der Waals surface area (Å²) in [6, 6.07) is 8.42. The van der Waals surface area contributed by atoms with Crippen LogP contribution in [-0.2, 0) is 14.3 Å². The zero-order valence-electron chi connectivity index (χ0n) is 23.5. The molecule has 0 bridgehead atoms. The molecule has 1 aromatic carbocycles. The molecule has 0 saturated carbocycles. The lowest BCUT2D eigenvalue weighted by Crippen LogP contribution is -2.42. The predicted octanol–water partition coefficient (Wildman–Crippen LogP) is 3.50. The van der Waals surface area contributed by atoms with Crippen molar-refractivity contribution in [2.45, 2.75) is 33.7 Å². The van der Waals surface area contributed by atoms with Gasteiger partial charge in [0.25, 0.3) is 11.7 Å². The van der Waals surface area contributed by atoms with E-state index in [2.05, 4.69) is 9.88 Å².